The molecule has 1 aromatic heterocycles. The van der Waals surface area contributed by atoms with E-state index in [2.05, 4.69) is 0 Å². The molecule has 0 bridgehead atoms. The predicted molar refractivity (Wildman–Crippen MR) is 77.5 cm³/mol. The molecule has 0 unspecified atom stereocenters. The summed E-state index contributed by atoms with van der Waals surface area (Å²) < 4.78 is 5.48. The number of non-ortho nitro benzene ring substituents is 1. The fraction of sp³-hybridized carbons (Fsp3) is 0.0667. The highest BCUT2D eigenvalue weighted by Gasteiger charge is 2.17. The topological polar surface area (TPSA) is 82.3 Å². The first-order chi connectivity index (χ1) is 9.56. The number of nitro benzene ring substituents is 1. The molecule has 100 valence electrons. The zero-order chi connectivity index (χ0) is 14.3. The zero-order valence-corrected chi connectivity index (χ0v) is 10.8. The second-order valence-corrected chi connectivity index (χ2v) is 4.65. The standard InChI is InChI=1S/C15H12N2O3/c1-9-3-2-4-10(7-9)14-12-8-11(17(18)19)5-6-13(12)20-15(14)16/h2-8H,16H2,1H3. The maximum Gasteiger partial charge on any atom is 0.270 e. The number of nitrogens with zero attached hydrogens (tertiary/aromatic N) is 1. The highest BCUT2D eigenvalue weighted by molar-refractivity contribution is 6.00. The lowest BCUT2D eigenvalue weighted by Gasteiger charge is -2.01. The fourth-order valence-electron chi connectivity index (χ4n) is 2.32. The molecule has 5 nitrogen and oxygen atoms in total. The summed E-state index contributed by atoms with van der Waals surface area (Å²) in [6.45, 7) is 1.98. The summed E-state index contributed by atoms with van der Waals surface area (Å²) in [5, 5.41) is 11.6. The smallest absolute Gasteiger partial charge is 0.270 e. The van der Waals surface area contributed by atoms with Crippen molar-refractivity contribution in [2.45, 2.75) is 6.92 Å². The monoisotopic (exact) mass is 268 g/mol. The summed E-state index contributed by atoms with van der Waals surface area (Å²) in [5.74, 6) is 0.270. The van der Waals surface area contributed by atoms with E-state index in [4.69, 9.17) is 10.2 Å². The third-order valence-electron chi connectivity index (χ3n) is 3.22. The van der Waals surface area contributed by atoms with Crippen LogP contribution in [0, 0.1) is 17.0 Å². The first-order valence-corrected chi connectivity index (χ1v) is 6.10. The van der Waals surface area contributed by atoms with Gasteiger partial charge in [-0.25, -0.2) is 0 Å². The van der Waals surface area contributed by atoms with Gasteiger partial charge in [0.2, 0.25) is 0 Å². The van der Waals surface area contributed by atoms with Crippen LogP contribution in [0.2, 0.25) is 0 Å². The highest BCUT2D eigenvalue weighted by Crippen LogP contribution is 2.38. The number of nitro groups is 1. The number of aryl methyl sites for hydroxylation is 1. The van der Waals surface area contributed by atoms with Crippen LogP contribution >= 0.6 is 0 Å². The van der Waals surface area contributed by atoms with E-state index in [9.17, 15) is 10.1 Å². The molecule has 20 heavy (non-hydrogen) atoms. The lowest BCUT2D eigenvalue weighted by atomic mass is 10.0. The Hall–Kier alpha value is -2.82. The van der Waals surface area contributed by atoms with Gasteiger partial charge in [-0.1, -0.05) is 29.8 Å². The number of furan rings is 1. The minimum absolute atomic E-state index is 0.0206. The van der Waals surface area contributed by atoms with Crippen molar-refractivity contribution in [1.82, 2.24) is 0 Å². The molecule has 0 atom stereocenters. The Kier molecular flexibility index (Phi) is 2.68. The molecular formula is C15H12N2O3. The minimum atomic E-state index is -0.428. The van der Waals surface area contributed by atoms with E-state index in [1.807, 2.05) is 31.2 Å². The second-order valence-electron chi connectivity index (χ2n) is 4.65. The van der Waals surface area contributed by atoms with Crippen molar-refractivity contribution in [2.75, 3.05) is 5.73 Å². The Bertz CT molecular complexity index is 821. The molecular weight excluding hydrogens is 256 g/mol. The van der Waals surface area contributed by atoms with Crippen LogP contribution in [0.4, 0.5) is 11.6 Å². The SMILES string of the molecule is Cc1cccc(-c2c(N)oc3ccc([N+](=O)[O-])cc23)c1. The molecule has 0 amide bonds. The molecule has 0 spiro atoms. The molecule has 0 saturated carbocycles. The zero-order valence-electron chi connectivity index (χ0n) is 10.8. The molecule has 0 fully saturated rings. The molecule has 3 rings (SSSR count). The Labute approximate surface area is 114 Å². The first kappa shape index (κ1) is 12.2. The lowest BCUT2D eigenvalue weighted by molar-refractivity contribution is -0.384. The van der Waals surface area contributed by atoms with Crippen molar-refractivity contribution in [2.24, 2.45) is 0 Å². The highest BCUT2D eigenvalue weighted by atomic mass is 16.6. The van der Waals surface area contributed by atoms with Crippen LogP contribution in [-0.2, 0) is 0 Å². The van der Waals surface area contributed by atoms with Gasteiger partial charge in [0, 0.05) is 17.5 Å². The molecule has 0 aliphatic heterocycles. The number of hydrogen-bond donors (Lipinski definition) is 1. The number of hydrogen-bond acceptors (Lipinski definition) is 4. The van der Waals surface area contributed by atoms with Crippen LogP contribution in [0.15, 0.2) is 46.9 Å². The van der Waals surface area contributed by atoms with E-state index < -0.39 is 4.92 Å². The van der Waals surface area contributed by atoms with E-state index in [1.165, 1.54) is 12.1 Å². The van der Waals surface area contributed by atoms with Gasteiger partial charge in [-0.15, -0.1) is 0 Å². The summed E-state index contributed by atoms with van der Waals surface area (Å²) in [5.41, 5.74) is 9.17. The van der Waals surface area contributed by atoms with Crippen LogP contribution < -0.4 is 5.73 Å². The minimum Gasteiger partial charge on any atom is -0.440 e. The van der Waals surface area contributed by atoms with Gasteiger partial charge in [0.05, 0.1) is 10.5 Å². The number of rotatable bonds is 2. The van der Waals surface area contributed by atoms with E-state index in [-0.39, 0.29) is 11.6 Å². The molecule has 0 saturated heterocycles. The summed E-state index contributed by atoms with van der Waals surface area (Å²) >= 11 is 0. The predicted octanol–water partition coefficient (Wildman–Crippen LogP) is 3.90. The Morgan fingerprint density at radius 2 is 2.00 bits per heavy atom. The molecule has 2 aromatic carbocycles. The third kappa shape index (κ3) is 1.89. The van der Waals surface area contributed by atoms with Gasteiger partial charge < -0.3 is 10.2 Å². The van der Waals surface area contributed by atoms with Crippen LogP contribution in [0.1, 0.15) is 5.56 Å². The van der Waals surface area contributed by atoms with Gasteiger partial charge in [-0.2, -0.15) is 0 Å². The van der Waals surface area contributed by atoms with Gasteiger partial charge in [0.25, 0.3) is 5.69 Å². The van der Waals surface area contributed by atoms with Gasteiger partial charge in [0.15, 0.2) is 5.88 Å². The van der Waals surface area contributed by atoms with Crippen LogP contribution in [0.3, 0.4) is 0 Å². The molecule has 1 heterocycles. The Morgan fingerprint density at radius 1 is 1.20 bits per heavy atom. The largest absolute Gasteiger partial charge is 0.440 e. The molecule has 2 N–H and O–H groups in total. The summed E-state index contributed by atoms with van der Waals surface area (Å²) in [6.07, 6.45) is 0. The normalized spacial score (nSPS) is 10.8. The van der Waals surface area contributed by atoms with Gasteiger partial charge in [-0.05, 0) is 18.6 Å². The average Bonchev–Trinajstić information content (AvgIpc) is 2.73. The molecule has 5 heteroatoms. The molecule has 3 aromatic rings. The van der Waals surface area contributed by atoms with Crippen molar-refractivity contribution in [3.63, 3.8) is 0 Å². The van der Waals surface area contributed by atoms with Gasteiger partial charge in [0.1, 0.15) is 5.58 Å². The van der Waals surface area contributed by atoms with Crippen LogP contribution in [0.5, 0.6) is 0 Å². The lowest BCUT2D eigenvalue weighted by Crippen LogP contribution is -1.88. The van der Waals surface area contributed by atoms with Crippen LogP contribution in [0.25, 0.3) is 22.1 Å². The Morgan fingerprint density at radius 3 is 2.70 bits per heavy atom. The van der Waals surface area contributed by atoms with E-state index in [0.29, 0.717) is 16.5 Å². The maximum atomic E-state index is 10.9. The van der Waals surface area contributed by atoms with Crippen molar-refractivity contribution in [3.8, 4) is 11.1 Å². The number of anilines is 1. The molecule has 0 aliphatic rings. The molecule has 0 aliphatic carbocycles. The quantitative estimate of drug-likeness (QED) is 0.564. The van der Waals surface area contributed by atoms with Crippen molar-refractivity contribution >= 4 is 22.5 Å². The van der Waals surface area contributed by atoms with Crippen LogP contribution in [-0.4, -0.2) is 4.92 Å². The van der Waals surface area contributed by atoms with Crippen molar-refractivity contribution in [3.05, 3.63) is 58.1 Å². The summed E-state index contributed by atoms with van der Waals surface area (Å²) in [6, 6.07) is 12.2. The summed E-state index contributed by atoms with van der Waals surface area (Å²) in [4.78, 5) is 10.5. The number of benzene rings is 2. The van der Waals surface area contributed by atoms with Gasteiger partial charge >= 0.3 is 0 Å². The first-order valence-electron chi connectivity index (χ1n) is 6.10. The summed E-state index contributed by atoms with van der Waals surface area (Å²) in [7, 11) is 0. The third-order valence-corrected chi connectivity index (χ3v) is 3.22. The number of nitrogen functional groups attached to an aromatic ring is 1. The van der Waals surface area contributed by atoms with E-state index in [1.54, 1.807) is 6.07 Å². The second kappa shape index (κ2) is 4.38. The Balaban J connectivity index is 2.31. The van der Waals surface area contributed by atoms with Crippen molar-refractivity contribution in [1.29, 1.82) is 0 Å². The van der Waals surface area contributed by atoms with Crippen molar-refractivity contribution < 1.29 is 9.34 Å². The average molecular weight is 268 g/mol. The fourth-order valence-corrected chi connectivity index (χ4v) is 2.32. The number of fused-ring (bicyclic) bond motifs is 1. The van der Waals surface area contributed by atoms with E-state index in [0.717, 1.165) is 11.1 Å². The van der Waals surface area contributed by atoms with E-state index >= 15 is 0 Å². The maximum absolute atomic E-state index is 10.9. The molecule has 0 radical (unpaired) electrons. The van der Waals surface area contributed by atoms with Gasteiger partial charge in [-0.3, -0.25) is 10.1 Å². The number of nitrogens with two attached hydrogens (primary N) is 1.